The predicted octanol–water partition coefficient (Wildman–Crippen LogP) is 18.5. The topological polar surface area (TPSA) is 78.9 Å². The highest BCUT2D eigenvalue weighted by Crippen LogP contribution is 2.15. The third kappa shape index (κ3) is 50.6. The fourth-order valence-corrected chi connectivity index (χ4v) is 8.07. The fraction of sp³-hybridized carbons (Fsp3) is 0.845. The van der Waals surface area contributed by atoms with Crippen LogP contribution in [0.5, 0.6) is 0 Å². The summed E-state index contributed by atoms with van der Waals surface area (Å²) in [5, 5.41) is 0. The van der Waals surface area contributed by atoms with Gasteiger partial charge in [-0.3, -0.25) is 14.4 Å². The summed E-state index contributed by atoms with van der Waals surface area (Å²) in [6.07, 6.45) is 62.7. The van der Waals surface area contributed by atoms with E-state index in [2.05, 4.69) is 57.2 Å². The molecule has 0 N–H and O–H groups in total. The zero-order valence-corrected chi connectivity index (χ0v) is 42.8. The number of esters is 3. The van der Waals surface area contributed by atoms with E-state index in [-0.39, 0.29) is 31.1 Å². The number of hydrogen-bond acceptors (Lipinski definition) is 6. The van der Waals surface area contributed by atoms with E-state index < -0.39 is 6.10 Å². The lowest BCUT2D eigenvalue weighted by molar-refractivity contribution is -0.167. The molecule has 0 heterocycles. The molecule has 0 fully saturated rings. The van der Waals surface area contributed by atoms with Crippen LogP contribution < -0.4 is 0 Å². The van der Waals surface area contributed by atoms with Crippen LogP contribution >= 0.6 is 0 Å². The van der Waals surface area contributed by atoms with E-state index in [1.807, 2.05) is 0 Å². The molecule has 6 heteroatoms. The zero-order valence-electron chi connectivity index (χ0n) is 42.8. The van der Waals surface area contributed by atoms with Crippen molar-refractivity contribution >= 4 is 17.9 Å². The Morgan fingerprint density at radius 2 is 0.516 bits per heavy atom. The van der Waals surface area contributed by atoms with Crippen LogP contribution in [-0.4, -0.2) is 37.2 Å². The lowest BCUT2D eigenvalue weighted by Crippen LogP contribution is -2.30. The van der Waals surface area contributed by atoms with Gasteiger partial charge in [-0.1, -0.05) is 218 Å². The number of allylic oxidation sites excluding steroid dienone is 6. The van der Waals surface area contributed by atoms with Gasteiger partial charge in [0.25, 0.3) is 0 Å². The first-order valence-corrected chi connectivity index (χ1v) is 28.0. The number of unbranched alkanes of at least 4 members (excludes halogenated alkanes) is 34. The number of carbonyl (C=O) groups excluding carboxylic acids is 3. The van der Waals surface area contributed by atoms with E-state index >= 15 is 0 Å². The second kappa shape index (κ2) is 53.2. The van der Waals surface area contributed by atoms with Crippen molar-refractivity contribution in [3.8, 4) is 0 Å². The van der Waals surface area contributed by atoms with Gasteiger partial charge in [0.15, 0.2) is 6.10 Å². The molecule has 0 aromatic heterocycles. The summed E-state index contributed by atoms with van der Waals surface area (Å²) >= 11 is 0. The molecule has 64 heavy (non-hydrogen) atoms. The molecular weight excluding hydrogens is 793 g/mol. The maximum atomic E-state index is 12.8. The fourth-order valence-electron chi connectivity index (χ4n) is 8.07. The maximum absolute atomic E-state index is 12.8. The molecule has 0 aliphatic rings. The van der Waals surface area contributed by atoms with Crippen molar-refractivity contribution in [3.05, 3.63) is 36.5 Å². The van der Waals surface area contributed by atoms with Crippen molar-refractivity contribution in [2.75, 3.05) is 13.2 Å². The van der Waals surface area contributed by atoms with Crippen LogP contribution in [-0.2, 0) is 28.6 Å². The van der Waals surface area contributed by atoms with Gasteiger partial charge in [-0.2, -0.15) is 0 Å². The van der Waals surface area contributed by atoms with Crippen LogP contribution in [0.25, 0.3) is 0 Å². The quantitative estimate of drug-likeness (QED) is 0.0262. The molecule has 1 atom stereocenters. The van der Waals surface area contributed by atoms with Crippen LogP contribution in [0.1, 0.15) is 297 Å². The third-order valence-corrected chi connectivity index (χ3v) is 12.3. The highest BCUT2D eigenvalue weighted by molar-refractivity contribution is 5.71. The Kier molecular flexibility index (Phi) is 51.3. The third-order valence-electron chi connectivity index (χ3n) is 12.3. The van der Waals surface area contributed by atoms with Crippen LogP contribution in [0, 0.1) is 0 Å². The lowest BCUT2D eigenvalue weighted by atomic mass is 10.1. The summed E-state index contributed by atoms with van der Waals surface area (Å²) < 4.78 is 16.8. The molecule has 1 unspecified atom stereocenters. The van der Waals surface area contributed by atoms with Gasteiger partial charge >= 0.3 is 17.9 Å². The van der Waals surface area contributed by atoms with Crippen LogP contribution in [0.4, 0.5) is 0 Å². The number of rotatable bonds is 51. The van der Waals surface area contributed by atoms with Gasteiger partial charge in [0.1, 0.15) is 13.2 Å². The Morgan fingerprint density at radius 3 is 0.781 bits per heavy atom. The summed E-state index contributed by atoms with van der Waals surface area (Å²) in [6.45, 7) is 6.63. The molecule has 0 bridgehead atoms. The minimum atomic E-state index is -0.779. The molecule has 0 rings (SSSR count). The first-order valence-electron chi connectivity index (χ1n) is 28.0. The van der Waals surface area contributed by atoms with Crippen molar-refractivity contribution in [2.24, 2.45) is 0 Å². The molecule has 374 valence electrons. The summed E-state index contributed by atoms with van der Waals surface area (Å²) in [5.74, 6) is -0.887. The minimum Gasteiger partial charge on any atom is -0.462 e. The van der Waals surface area contributed by atoms with E-state index in [4.69, 9.17) is 14.2 Å². The highest BCUT2D eigenvalue weighted by Gasteiger charge is 2.19. The van der Waals surface area contributed by atoms with Crippen molar-refractivity contribution in [2.45, 2.75) is 303 Å². The first-order chi connectivity index (χ1) is 31.5. The number of hydrogen-bond donors (Lipinski definition) is 0. The summed E-state index contributed by atoms with van der Waals surface area (Å²) in [7, 11) is 0. The van der Waals surface area contributed by atoms with Gasteiger partial charge in [0.05, 0.1) is 0 Å². The molecule has 0 aromatic carbocycles. The van der Waals surface area contributed by atoms with E-state index in [1.54, 1.807) is 0 Å². The second-order valence-electron chi connectivity index (χ2n) is 18.8. The van der Waals surface area contributed by atoms with E-state index in [0.717, 1.165) is 70.6 Å². The van der Waals surface area contributed by atoms with E-state index in [0.29, 0.717) is 19.3 Å². The predicted molar refractivity (Wildman–Crippen MR) is 275 cm³/mol. The molecule has 0 saturated heterocycles. The second-order valence-corrected chi connectivity index (χ2v) is 18.8. The van der Waals surface area contributed by atoms with E-state index in [1.165, 1.54) is 186 Å². The van der Waals surface area contributed by atoms with Gasteiger partial charge in [-0.05, 0) is 96.3 Å². The largest absolute Gasteiger partial charge is 0.462 e. The number of ether oxygens (including phenoxy) is 3. The Hall–Kier alpha value is -2.37. The van der Waals surface area contributed by atoms with Crippen LogP contribution in [0.15, 0.2) is 36.5 Å². The molecule has 6 nitrogen and oxygen atoms in total. The van der Waals surface area contributed by atoms with Gasteiger partial charge in [0.2, 0.25) is 0 Å². The molecule has 0 aliphatic heterocycles. The van der Waals surface area contributed by atoms with Crippen molar-refractivity contribution in [1.82, 2.24) is 0 Å². The molecular formula is C58H106O6. The molecule has 0 aromatic rings. The van der Waals surface area contributed by atoms with Gasteiger partial charge in [0, 0.05) is 19.3 Å². The average molecular weight is 899 g/mol. The summed E-state index contributed by atoms with van der Waals surface area (Å²) in [4.78, 5) is 38.1. The van der Waals surface area contributed by atoms with Gasteiger partial charge < -0.3 is 14.2 Å². The summed E-state index contributed by atoms with van der Waals surface area (Å²) in [6, 6.07) is 0. The lowest BCUT2D eigenvalue weighted by Gasteiger charge is -2.18. The summed E-state index contributed by atoms with van der Waals surface area (Å²) in [5.41, 5.74) is 0. The highest BCUT2D eigenvalue weighted by atomic mass is 16.6. The van der Waals surface area contributed by atoms with Crippen molar-refractivity contribution in [3.63, 3.8) is 0 Å². The molecule has 0 saturated carbocycles. The van der Waals surface area contributed by atoms with E-state index in [9.17, 15) is 14.4 Å². The Balaban J connectivity index is 4.37. The normalized spacial score (nSPS) is 12.2. The molecule has 0 spiro atoms. The first kappa shape index (κ1) is 61.6. The van der Waals surface area contributed by atoms with Crippen LogP contribution in [0.3, 0.4) is 0 Å². The van der Waals surface area contributed by atoms with Crippen molar-refractivity contribution < 1.29 is 28.6 Å². The molecule has 0 radical (unpaired) electrons. The molecule has 0 amide bonds. The van der Waals surface area contributed by atoms with Gasteiger partial charge in [-0.15, -0.1) is 0 Å². The van der Waals surface area contributed by atoms with Crippen molar-refractivity contribution in [1.29, 1.82) is 0 Å². The standard InChI is InChI=1S/C58H106O6/c1-4-7-10-13-16-19-22-25-28-29-31-33-36-39-42-45-48-51-57(60)63-54-55(53-62-56(59)50-47-44-41-38-35-32-27-24-21-18-15-12-9-6-3)64-58(61)52-49-46-43-40-37-34-30-26-23-20-17-14-11-8-5-2/h24-28,30,55H,4-23,29,31-54H2,1-3H3/b27-24-,28-25-,30-26-. The average Bonchev–Trinajstić information content (AvgIpc) is 3.29. The number of carbonyl (C=O) groups is 3. The zero-order chi connectivity index (χ0) is 46.5. The monoisotopic (exact) mass is 899 g/mol. The Bertz CT molecular complexity index is 1080. The SMILES string of the molecule is CCCCCCC/C=C\CCCCCCCC(=O)OCC(COC(=O)CCCCCCCCC/C=C\CCCCCCCC)OC(=O)CCCCCCC/C=C\CCCCCCCC. The van der Waals surface area contributed by atoms with Crippen LogP contribution in [0.2, 0.25) is 0 Å². The molecule has 0 aliphatic carbocycles. The smallest absolute Gasteiger partial charge is 0.306 e. The minimum absolute atomic E-state index is 0.0784. The Morgan fingerprint density at radius 1 is 0.297 bits per heavy atom. The maximum Gasteiger partial charge on any atom is 0.306 e. The Labute approximate surface area is 397 Å². The van der Waals surface area contributed by atoms with Gasteiger partial charge in [-0.25, -0.2) is 0 Å².